The van der Waals surface area contributed by atoms with Crippen molar-refractivity contribution in [3.8, 4) is 0 Å². The van der Waals surface area contributed by atoms with Crippen LogP contribution in [0.4, 0.5) is 24.8 Å². The Kier molecular flexibility index (Phi) is 6.55. The van der Waals surface area contributed by atoms with Crippen molar-refractivity contribution >= 4 is 40.8 Å². The van der Waals surface area contributed by atoms with Gasteiger partial charge in [-0.1, -0.05) is 11.6 Å². The largest absolute Gasteiger partial charge is 0.453 e. The summed E-state index contributed by atoms with van der Waals surface area (Å²) in [6, 6.07) is 6.04. The Hall–Kier alpha value is -3.48. The molecule has 1 atom stereocenters. The zero-order chi connectivity index (χ0) is 24.5. The highest BCUT2D eigenvalue weighted by molar-refractivity contribution is 6.30. The predicted molar refractivity (Wildman–Crippen MR) is 114 cm³/mol. The van der Waals surface area contributed by atoms with Crippen LogP contribution in [0.2, 0.25) is 5.02 Å². The van der Waals surface area contributed by atoms with Crippen LogP contribution in [0, 0.1) is 5.92 Å². The molecule has 4 heterocycles. The van der Waals surface area contributed by atoms with Crippen molar-refractivity contribution in [2.75, 3.05) is 23.3 Å². The SMILES string of the molecule is C[C@@H](OC(=O)C1CCN(c2ccc3nnc(C(F)(F)F)n3n2)CC1)C(=O)Nc1ccc(Cl)cn1. The minimum Gasteiger partial charge on any atom is -0.452 e. The first kappa shape index (κ1) is 23.7. The van der Waals surface area contributed by atoms with Gasteiger partial charge in [-0.05, 0) is 44.0 Å². The number of piperidine rings is 1. The number of rotatable bonds is 5. The van der Waals surface area contributed by atoms with Gasteiger partial charge in [-0.2, -0.15) is 17.7 Å². The van der Waals surface area contributed by atoms with Crippen LogP contribution in [0.5, 0.6) is 0 Å². The molecule has 0 radical (unpaired) electrons. The molecule has 3 aromatic heterocycles. The number of aromatic nitrogens is 5. The summed E-state index contributed by atoms with van der Waals surface area (Å²) in [7, 11) is 0. The molecule has 10 nitrogen and oxygen atoms in total. The zero-order valence-corrected chi connectivity index (χ0v) is 18.5. The maximum Gasteiger partial charge on any atom is 0.453 e. The van der Waals surface area contributed by atoms with Crippen LogP contribution in [0.15, 0.2) is 30.5 Å². The Bertz CT molecular complexity index is 1190. The van der Waals surface area contributed by atoms with Crippen LogP contribution >= 0.6 is 11.6 Å². The Morgan fingerprint density at radius 3 is 2.56 bits per heavy atom. The van der Waals surface area contributed by atoms with Gasteiger partial charge >= 0.3 is 12.1 Å². The van der Waals surface area contributed by atoms with Crippen molar-refractivity contribution in [3.05, 3.63) is 41.3 Å². The third kappa shape index (κ3) is 5.19. The van der Waals surface area contributed by atoms with Gasteiger partial charge in [0.2, 0.25) is 0 Å². The zero-order valence-electron chi connectivity index (χ0n) is 17.8. The molecular formula is C20H19ClF3N7O3. The number of hydrogen-bond acceptors (Lipinski definition) is 8. The number of hydrogen-bond donors (Lipinski definition) is 1. The number of alkyl halides is 3. The Morgan fingerprint density at radius 1 is 1.18 bits per heavy atom. The highest BCUT2D eigenvalue weighted by Crippen LogP contribution is 2.29. The van der Waals surface area contributed by atoms with Gasteiger partial charge < -0.3 is 15.0 Å². The Morgan fingerprint density at radius 2 is 1.91 bits per heavy atom. The number of amides is 1. The molecule has 0 saturated carbocycles. The van der Waals surface area contributed by atoms with E-state index in [-0.39, 0.29) is 11.5 Å². The van der Waals surface area contributed by atoms with Gasteiger partial charge in [0.05, 0.1) is 10.9 Å². The van der Waals surface area contributed by atoms with E-state index in [1.807, 2.05) is 0 Å². The first-order valence-corrected chi connectivity index (χ1v) is 10.7. The summed E-state index contributed by atoms with van der Waals surface area (Å²) < 4.78 is 45.3. The van der Waals surface area contributed by atoms with Gasteiger partial charge in [-0.15, -0.1) is 15.3 Å². The molecule has 0 unspecified atom stereocenters. The van der Waals surface area contributed by atoms with E-state index in [0.29, 0.717) is 41.3 Å². The predicted octanol–water partition coefficient (Wildman–Crippen LogP) is 2.98. The highest BCUT2D eigenvalue weighted by atomic mass is 35.5. The number of carbonyl (C=O) groups is 2. The third-order valence-electron chi connectivity index (χ3n) is 5.30. The molecule has 0 spiro atoms. The third-order valence-corrected chi connectivity index (χ3v) is 5.52. The highest BCUT2D eigenvalue weighted by Gasteiger charge is 2.38. The Balaban J connectivity index is 1.33. The van der Waals surface area contributed by atoms with E-state index >= 15 is 0 Å². The molecule has 1 aliphatic heterocycles. The lowest BCUT2D eigenvalue weighted by molar-refractivity contribution is -0.158. The molecule has 1 N–H and O–H groups in total. The molecule has 0 aliphatic carbocycles. The number of ether oxygens (including phenoxy) is 1. The van der Waals surface area contributed by atoms with Crippen molar-refractivity contribution in [2.45, 2.75) is 32.0 Å². The lowest BCUT2D eigenvalue weighted by atomic mass is 9.97. The van der Waals surface area contributed by atoms with E-state index in [2.05, 4.69) is 25.6 Å². The molecule has 1 aliphatic rings. The number of anilines is 2. The average Bonchev–Trinajstić information content (AvgIpc) is 3.24. The van der Waals surface area contributed by atoms with Crippen LogP contribution in [-0.4, -0.2) is 55.9 Å². The molecule has 14 heteroatoms. The van der Waals surface area contributed by atoms with Crippen LogP contribution in [0.1, 0.15) is 25.6 Å². The van der Waals surface area contributed by atoms with Crippen molar-refractivity contribution < 1.29 is 27.5 Å². The fourth-order valence-corrected chi connectivity index (χ4v) is 3.58. The molecule has 1 amide bonds. The molecule has 4 rings (SSSR count). The van der Waals surface area contributed by atoms with E-state index in [4.69, 9.17) is 16.3 Å². The van der Waals surface area contributed by atoms with Gasteiger partial charge in [0.15, 0.2) is 11.8 Å². The standard InChI is InChI=1S/C20H19ClF3N7O3/c1-11(17(32)26-14-3-2-13(21)10-25-14)34-18(33)12-6-8-30(9-7-12)16-5-4-15-27-28-19(20(22,23)24)31(15)29-16/h2-5,10-12H,6-9H2,1H3,(H,25,26,32)/t11-/m1/s1. The molecule has 3 aromatic rings. The van der Waals surface area contributed by atoms with Crippen LogP contribution in [0.25, 0.3) is 5.65 Å². The molecule has 34 heavy (non-hydrogen) atoms. The van der Waals surface area contributed by atoms with Gasteiger partial charge in [0, 0.05) is 19.3 Å². The fraction of sp³-hybridized carbons (Fsp3) is 0.400. The number of halogens is 4. The van der Waals surface area contributed by atoms with Crippen molar-refractivity contribution in [3.63, 3.8) is 0 Å². The summed E-state index contributed by atoms with van der Waals surface area (Å²) in [5.74, 6) is -2.13. The lowest BCUT2D eigenvalue weighted by Gasteiger charge is -2.32. The van der Waals surface area contributed by atoms with E-state index in [1.165, 1.54) is 25.3 Å². The first-order chi connectivity index (χ1) is 16.1. The number of esters is 1. The van der Waals surface area contributed by atoms with Crippen molar-refractivity contribution in [1.29, 1.82) is 0 Å². The van der Waals surface area contributed by atoms with Crippen LogP contribution in [0.3, 0.4) is 0 Å². The van der Waals surface area contributed by atoms with Gasteiger partial charge in [-0.25, -0.2) is 4.98 Å². The number of nitrogens with one attached hydrogen (secondary N) is 1. The first-order valence-electron chi connectivity index (χ1n) is 10.3. The maximum atomic E-state index is 13.1. The lowest BCUT2D eigenvalue weighted by Crippen LogP contribution is -2.39. The second-order valence-electron chi connectivity index (χ2n) is 7.67. The van der Waals surface area contributed by atoms with E-state index in [1.54, 1.807) is 17.0 Å². The minimum absolute atomic E-state index is 0.0180. The number of nitrogens with zero attached hydrogens (tertiary/aromatic N) is 6. The number of carbonyl (C=O) groups excluding carboxylic acids is 2. The molecule has 0 aromatic carbocycles. The van der Waals surface area contributed by atoms with Gasteiger partial charge in [0.25, 0.3) is 11.7 Å². The van der Waals surface area contributed by atoms with Crippen LogP contribution < -0.4 is 10.2 Å². The summed E-state index contributed by atoms with van der Waals surface area (Å²) >= 11 is 5.76. The quantitative estimate of drug-likeness (QED) is 0.535. The minimum atomic E-state index is -4.69. The second kappa shape index (κ2) is 9.41. The number of pyridine rings is 1. The van der Waals surface area contributed by atoms with Crippen LogP contribution in [-0.2, 0) is 20.5 Å². The molecule has 1 saturated heterocycles. The van der Waals surface area contributed by atoms with Gasteiger partial charge in [0.1, 0.15) is 11.6 Å². The maximum absolute atomic E-state index is 13.1. The van der Waals surface area contributed by atoms with E-state index < -0.39 is 35.9 Å². The smallest absolute Gasteiger partial charge is 0.452 e. The molecule has 1 fully saturated rings. The van der Waals surface area contributed by atoms with E-state index in [9.17, 15) is 22.8 Å². The van der Waals surface area contributed by atoms with Gasteiger partial charge in [-0.3, -0.25) is 9.59 Å². The summed E-state index contributed by atoms with van der Waals surface area (Å²) in [5.41, 5.74) is -0.0180. The average molecular weight is 498 g/mol. The summed E-state index contributed by atoms with van der Waals surface area (Å²) in [4.78, 5) is 30.5. The van der Waals surface area contributed by atoms with E-state index in [0.717, 1.165) is 0 Å². The summed E-state index contributed by atoms with van der Waals surface area (Å²) in [6.07, 6.45) is -3.57. The molecule has 0 bridgehead atoms. The monoisotopic (exact) mass is 497 g/mol. The Labute approximate surface area is 196 Å². The summed E-state index contributed by atoms with van der Waals surface area (Å²) in [6.45, 7) is 2.20. The molecular weight excluding hydrogens is 479 g/mol. The summed E-state index contributed by atoms with van der Waals surface area (Å²) in [5, 5.41) is 13.6. The van der Waals surface area contributed by atoms with Crippen molar-refractivity contribution in [2.24, 2.45) is 5.92 Å². The number of fused-ring (bicyclic) bond motifs is 1. The molecule has 180 valence electrons. The fourth-order valence-electron chi connectivity index (χ4n) is 3.47. The van der Waals surface area contributed by atoms with Crippen molar-refractivity contribution in [1.82, 2.24) is 24.8 Å². The normalized spacial score (nSPS) is 15.9. The second-order valence-corrected chi connectivity index (χ2v) is 8.11. The topological polar surface area (TPSA) is 115 Å².